The number of urea groups is 1. The number of ether oxygens (including phenoxy) is 1. The molecule has 1 aromatic heterocycles. The third-order valence-corrected chi connectivity index (χ3v) is 2.49. The number of carbonyl (C=O) groups is 1. The molecule has 7 heteroatoms. The number of anilines is 1. The third kappa shape index (κ3) is 5.06. The van der Waals surface area contributed by atoms with Crippen LogP contribution in [0.2, 0.25) is 0 Å². The molecule has 1 heterocycles. The van der Waals surface area contributed by atoms with E-state index in [1.54, 1.807) is 24.5 Å². The maximum absolute atomic E-state index is 12.1. The van der Waals surface area contributed by atoms with E-state index in [0.29, 0.717) is 12.2 Å². The Kier molecular flexibility index (Phi) is 5.03. The second-order valence-corrected chi connectivity index (χ2v) is 4.08. The summed E-state index contributed by atoms with van der Waals surface area (Å²) in [6.45, 7) is -2.59. The second kappa shape index (κ2) is 7.18. The van der Waals surface area contributed by atoms with Gasteiger partial charge in [-0.1, -0.05) is 12.1 Å². The van der Waals surface area contributed by atoms with Gasteiger partial charge in [0, 0.05) is 30.7 Å². The summed E-state index contributed by atoms with van der Waals surface area (Å²) in [5, 5.41) is 5.16. The minimum Gasteiger partial charge on any atom is -0.435 e. The Bertz CT molecular complexity index is 594. The molecular formula is C14H13F2N3O2. The number of rotatable bonds is 5. The summed E-state index contributed by atoms with van der Waals surface area (Å²) in [6, 6.07) is 8.91. The summed E-state index contributed by atoms with van der Waals surface area (Å²) in [5.41, 5.74) is 1.21. The zero-order valence-electron chi connectivity index (χ0n) is 10.9. The molecule has 0 aliphatic rings. The van der Waals surface area contributed by atoms with Crippen LogP contribution >= 0.6 is 0 Å². The molecule has 0 fully saturated rings. The van der Waals surface area contributed by atoms with E-state index in [-0.39, 0.29) is 5.75 Å². The number of hydrogen-bond donors (Lipinski definition) is 2. The van der Waals surface area contributed by atoms with Crippen molar-refractivity contribution in [2.24, 2.45) is 0 Å². The number of aromatic nitrogens is 1. The number of nitrogens with zero attached hydrogens (tertiary/aromatic N) is 1. The van der Waals surface area contributed by atoms with E-state index in [1.807, 2.05) is 6.07 Å². The Labute approximate surface area is 120 Å². The predicted octanol–water partition coefficient (Wildman–Crippen LogP) is 3.00. The van der Waals surface area contributed by atoms with Crippen molar-refractivity contribution >= 4 is 11.7 Å². The fourth-order valence-electron chi connectivity index (χ4n) is 1.61. The van der Waals surface area contributed by atoms with Gasteiger partial charge in [-0.2, -0.15) is 8.78 Å². The lowest BCUT2D eigenvalue weighted by molar-refractivity contribution is -0.0497. The lowest BCUT2D eigenvalue weighted by Gasteiger charge is -2.09. The topological polar surface area (TPSA) is 63.2 Å². The minimum absolute atomic E-state index is 0.0185. The molecule has 2 N–H and O–H groups in total. The van der Waals surface area contributed by atoms with Crippen LogP contribution in [-0.2, 0) is 6.54 Å². The van der Waals surface area contributed by atoms with E-state index >= 15 is 0 Å². The normalized spacial score (nSPS) is 10.2. The number of halogens is 2. The molecule has 0 unspecified atom stereocenters. The van der Waals surface area contributed by atoms with Crippen molar-refractivity contribution in [2.75, 3.05) is 5.32 Å². The largest absolute Gasteiger partial charge is 0.435 e. The van der Waals surface area contributed by atoms with Gasteiger partial charge in [-0.05, 0) is 23.8 Å². The lowest BCUT2D eigenvalue weighted by atomic mass is 10.3. The van der Waals surface area contributed by atoms with Gasteiger partial charge in [0.05, 0.1) is 0 Å². The summed E-state index contributed by atoms with van der Waals surface area (Å²) in [4.78, 5) is 15.6. The minimum atomic E-state index is -2.90. The molecule has 2 aromatic rings. The molecule has 0 saturated carbocycles. The zero-order valence-corrected chi connectivity index (χ0v) is 10.9. The second-order valence-electron chi connectivity index (χ2n) is 4.08. The van der Waals surface area contributed by atoms with Crippen LogP contribution in [0.15, 0.2) is 48.8 Å². The highest BCUT2D eigenvalue weighted by Crippen LogP contribution is 2.19. The standard InChI is InChI=1S/C14H13F2N3O2/c15-13(16)21-12-5-1-4-11(7-12)19-14(20)18-9-10-3-2-6-17-8-10/h1-8,13H,9H2,(H2,18,19,20). The fourth-order valence-corrected chi connectivity index (χ4v) is 1.61. The van der Waals surface area contributed by atoms with E-state index in [9.17, 15) is 13.6 Å². The number of pyridine rings is 1. The summed E-state index contributed by atoms with van der Waals surface area (Å²) in [7, 11) is 0. The number of carbonyl (C=O) groups excluding carboxylic acids is 1. The van der Waals surface area contributed by atoms with Crippen LogP contribution in [0.25, 0.3) is 0 Å². The Morgan fingerprint density at radius 2 is 2.14 bits per heavy atom. The van der Waals surface area contributed by atoms with Gasteiger partial charge in [0.2, 0.25) is 0 Å². The smallest absolute Gasteiger partial charge is 0.387 e. The van der Waals surface area contributed by atoms with E-state index in [2.05, 4.69) is 20.4 Å². The Hall–Kier alpha value is -2.70. The van der Waals surface area contributed by atoms with Crippen molar-refractivity contribution in [3.8, 4) is 5.75 Å². The van der Waals surface area contributed by atoms with Gasteiger partial charge in [-0.25, -0.2) is 4.79 Å². The van der Waals surface area contributed by atoms with Crippen molar-refractivity contribution in [1.29, 1.82) is 0 Å². The molecule has 2 rings (SSSR count). The average Bonchev–Trinajstić information content (AvgIpc) is 2.46. The summed E-state index contributed by atoms with van der Waals surface area (Å²) in [5.74, 6) is -0.0185. The first kappa shape index (κ1) is 14.7. The van der Waals surface area contributed by atoms with Crippen molar-refractivity contribution in [3.63, 3.8) is 0 Å². The van der Waals surface area contributed by atoms with Crippen LogP contribution in [0.3, 0.4) is 0 Å². The number of amides is 2. The molecule has 0 bridgehead atoms. The van der Waals surface area contributed by atoms with Crippen molar-refractivity contribution in [2.45, 2.75) is 13.2 Å². The molecule has 0 saturated heterocycles. The Morgan fingerprint density at radius 1 is 1.29 bits per heavy atom. The van der Waals surface area contributed by atoms with Gasteiger partial charge in [-0.3, -0.25) is 4.98 Å². The molecular weight excluding hydrogens is 280 g/mol. The molecule has 1 aromatic carbocycles. The first-order valence-corrected chi connectivity index (χ1v) is 6.12. The molecule has 0 radical (unpaired) electrons. The lowest BCUT2D eigenvalue weighted by Crippen LogP contribution is -2.28. The van der Waals surface area contributed by atoms with Gasteiger partial charge in [-0.15, -0.1) is 0 Å². The Balaban J connectivity index is 1.87. The van der Waals surface area contributed by atoms with Gasteiger partial charge in [0.25, 0.3) is 0 Å². The van der Waals surface area contributed by atoms with Gasteiger partial charge in [0.15, 0.2) is 0 Å². The van der Waals surface area contributed by atoms with Gasteiger partial charge < -0.3 is 15.4 Å². The van der Waals surface area contributed by atoms with Crippen LogP contribution < -0.4 is 15.4 Å². The summed E-state index contributed by atoms with van der Waals surface area (Å²) < 4.78 is 28.4. The van der Waals surface area contributed by atoms with Crippen molar-refractivity contribution < 1.29 is 18.3 Å². The summed E-state index contributed by atoms with van der Waals surface area (Å²) in [6.07, 6.45) is 3.27. The molecule has 0 aliphatic heterocycles. The third-order valence-electron chi connectivity index (χ3n) is 2.49. The monoisotopic (exact) mass is 293 g/mol. The van der Waals surface area contributed by atoms with Crippen LogP contribution in [0, 0.1) is 0 Å². The highest BCUT2D eigenvalue weighted by Gasteiger charge is 2.06. The van der Waals surface area contributed by atoms with Gasteiger partial charge in [0.1, 0.15) is 5.75 Å². The number of nitrogens with one attached hydrogen (secondary N) is 2. The molecule has 110 valence electrons. The van der Waals surface area contributed by atoms with Gasteiger partial charge >= 0.3 is 12.6 Å². The Morgan fingerprint density at radius 3 is 2.86 bits per heavy atom. The van der Waals surface area contributed by atoms with Crippen LogP contribution in [0.1, 0.15) is 5.56 Å². The first-order chi connectivity index (χ1) is 10.1. The molecule has 0 spiro atoms. The molecule has 2 amide bonds. The highest BCUT2D eigenvalue weighted by atomic mass is 19.3. The fraction of sp³-hybridized carbons (Fsp3) is 0.143. The highest BCUT2D eigenvalue weighted by molar-refractivity contribution is 5.89. The maximum atomic E-state index is 12.1. The van der Waals surface area contributed by atoms with Crippen LogP contribution in [0.4, 0.5) is 19.3 Å². The maximum Gasteiger partial charge on any atom is 0.387 e. The van der Waals surface area contributed by atoms with E-state index in [0.717, 1.165) is 5.56 Å². The molecule has 0 aliphatic carbocycles. The van der Waals surface area contributed by atoms with Crippen LogP contribution in [-0.4, -0.2) is 17.6 Å². The predicted molar refractivity (Wildman–Crippen MR) is 73.2 cm³/mol. The number of benzene rings is 1. The molecule has 21 heavy (non-hydrogen) atoms. The summed E-state index contributed by atoms with van der Waals surface area (Å²) >= 11 is 0. The average molecular weight is 293 g/mol. The van der Waals surface area contributed by atoms with E-state index < -0.39 is 12.6 Å². The van der Waals surface area contributed by atoms with E-state index in [1.165, 1.54) is 18.2 Å². The number of alkyl halides is 2. The van der Waals surface area contributed by atoms with Crippen molar-refractivity contribution in [3.05, 3.63) is 54.4 Å². The molecule has 5 nitrogen and oxygen atoms in total. The quantitative estimate of drug-likeness (QED) is 0.890. The molecule has 0 atom stereocenters. The van der Waals surface area contributed by atoms with Crippen LogP contribution in [0.5, 0.6) is 5.75 Å². The SMILES string of the molecule is O=C(NCc1cccnc1)Nc1cccc(OC(F)F)c1. The van der Waals surface area contributed by atoms with Crippen molar-refractivity contribution in [1.82, 2.24) is 10.3 Å². The zero-order chi connectivity index (χ0) is 15.1. The number of hydrogen-bond acceptors (Lipinski definition) is 3. The first-order valence-electron chi connectivity index (χ1n) is 6.12. The van der Waals surface area contributed by atoms with E-state index in [4.69, 9.17) is 0 Å².